The van der Waals surface area contributed by atoms with Gasteiger partial charge < -0.3 is 19.8 Å². The quantitative estimate of drug-likeness (QED) is 0.804. The normalized spacial score (nSPS) is 24.0. The van der Waals surface area contributed by atoms with Crippen LogP contribution in [0.2, 0.25) is 0 Å². The predicted molar refractivity (Wildman–Crippen MR) is 86.1 cm³/mol. The number of hydrogen-bond acceptors (Lipinski definition) is 4. The first kappa shape index (κ1) is 17.2. The van der Waals surface area contributed by atoms with Gasteiger partial charge in [-0.3, -0.25) is 0 Å². The first-order valence-electron chi connectivity index (χ1n) is 7.20. The van der Waals surface area contributed by atoms with Crippen LogP contribution in [0.5, 0.6) is 0 Å². The maximum Gasteiger partial charge on any atom is 0.104 e. The topological polar surface area (TPSA) is 30.0 Å². The number of hydrogen-bond donors (Lipinski definition) is 1. The number of rotatable bonds is 6. The molecule has 1 aliphatic carbocycles. The van der Waals surface area contributed by atoms with Gasteiger partial charge in [-0.05, 0) is 48.7 Å². The zero-order valence-electron chi connectivity index (χ0n) is 14.2. The van der Waals surface area contributed by atoms with Crippen LogP contribution in [0.25, 0.3) is 0 Å². The van der Waals surface area contributed by atoms with Gasteiger partial charge >= 0.3 is 0 Å². The van der Waals surface area contributed by atoms with Crippen LogP contribution >= 0.6 is 0 Å². The molecular formula is C16H31N3O. The summed E-state index contributed by atoms with van der Waals surface area (Å²) in [4.78, 5) is 6.45. The number of likely N-dealkylation sites (N-methyl/N-ethyl adjacent to an activating group) is 2. The van der Waals surface area contributed by atoms with Crippen molar-refractivity contribution in [3.8, 4) is 0 Å². The van der Waals surface area contributed by atoms with E-state index in [1.54, 1.807) is 0 Å². The van der Waals surface area contributed by atoms with Crippen molar-refractivity contribution in [3.05, 3.63) is 23.0 Å². The summed E-state index contributed by atoms with van der Waals surface area (Å²) in [6, 6.07) is 0. The summed E-state index contributed by atoms with van der Waals surface area (Å²) in [6.07, 6.45) is 3.11. The SMILES string of the molecule is CN(C)CC1=CC(CN(C)C)=C(O)C(C)(CN(C)C)C1. The van der Waals surface area contributed by atoms with Crippen molar-refractivity contribution >= 4 is 0 Å². The lowest BCUT2D eigenvalue weighted by atomic mass is 9.75. The molecule has 0 bridgehead atoms. The standard InChI is InChI=1S/C16H31N3O/c1-16(12-19(6)7)9-13(10-17(2)3)8-14(15(16)20)11-18(4)5/h8,20H,9-12H2,1-7H3. The van der Waals surface area contributed by atoms with Crippen molar-refractivity contribution in [2.24, 2.45) is 5.41 Å². The lowest BCUT2D eigenvalue weighted by Gasteiger charge is -2.38. The minimum atomic E-state index is -0.186. The summed E-state index contributed by atoms with van der Waals surface area (Å²) in [7, 11) is 12.4. The third kappa shape index (κ3) is 4.62. The second-order valence-corrected chi connectivity index (χ2v) is 7.13. The van der Waals surface area contributed by atoms with Crippen LogP contribution in [-0.2, 0) is 0 Å². The van der Waals surface area contributed by atoms with Crippen molar-refractivity contribution in [3.63, 3.8) is 0 Å². The molecule has 0 amide bonds. The van der Waals surface area contributed by atoms with E-state index in [9.17, 15) is 5.11 Å². The Kier molecular flexibility index (Phi) is 5.80. The fraction of sp³-hybridized carbons (Fsp3) is 0.750. The van der Waals surface area contributed by atoms with E-state index < -0.39 is 0 Å². The molecule has 0 saturated heterocycles. The van der Waals surface area contributed by atoms with Gasteiger partial charge in [-0.1, -0.05) is 18.6 Å². The van der Waals surface area contributed by atoms with Gasteiger partial charge in [0.1, 0.15) is 5.76 Å². The molecule has 0 aliphatic heterocycles. The molecule has 0 aromatic heterocycles. The fourth-order valence-corrected chi connectivity index (χ4v) is 3.14. The Hall–Kier alpha value is -0.840. The molecule has 116 valence electrons. The third-order valence-corrected chi connectivity index (χ3v) is 3.54. The Morgan fingerprint density at radius 3 is 2.00 bits per heavy atom. The summed E-state index contributed by atoms with van der Waals surface area (Å²) in [5.74, 6) is 0.558. The molecule has 1 N–H and O–H groups in total. The van der Waals surface area contributed by atoms with Crippen molar-refractivity contribution in [2.75, 3.05) is 61.9 Å². The molecule has 0 saturated carbocycles. The molecule has 0 radical (unpaired) electrons. The highest BCUT2D eigenvalue weighted by atomic mass is 16.3. The van der Waals surface area contributed by atoms with Gasteiger partial charge in [-0.25, -0.2) is 0 Å². The molecule has 4 heteroatoms. The van der Waals surface area contributed by atoms with E-state index in [1.807, 2.05) is 14.1 Å². The molecular weight excluding hydrogens is 250 g/mol. The Morgan fingerprint density at radius 2 is 1.55 bits per heavy atom. The highest BCUT2D eigenvalue weighted by Crippen LogP contribution is 2.39. The highest BCUT2D eigenvalue weighted by molar-refractivity contribution is 5.37. The summed E-state index contributed by atoms with van der Waals surface area (Å²) in [6.45, 7) is 4.76. The fourth-order valence-electron chi connectivity index (χ4n) is 3.14. The van der Waals surface area contributed by atoms with E-state index in [1.165, 1.54) is 5.57 Å². The van der Waals surface area contributed by atoms with Crippen LogP contribution < -0.4 is 0 Å². The molecule has 1 aliphatic rings. The molecule has 0 spiro atoms. The van der Waals surface area contributed by atoms with E-state index in [0.29, 0.717) is 5.76 Å². The number of nitrogens with zero attached hydrogens (tertiary/aromatic N) is 3. The molecule has 1 unspecified atom stereocenters. The van der Waals surface area contributed by atoms with Gasteiger partial charge in [-0.15, -0.1) is 0 Å². The Balaban J connectivity index is 3.10. The second kappa shape index (κ2) is 6.74. The Morgan fingerprint density at radius 1 is 1.00 bits per heavy atom. The minimum absolute atomic E-state index is 0.186. The smallest absolute Gasteiger partial charge is 0.104 e. The lowest BCUT2D eigenvalue weighted by molar-refractivity contribution is 0.169. The highest BCUT2D eigenvalue weighted by Gasteiger charge is 2.35. The van der Waals surface area contributed by atoms with Crippen LogP contribution in [0.3, 0.4) is 0 Å². The summed E-state index contributed by atoms with van der Waals surface area (Å²) < 4.78 is 0. The number of aliphatic hydroxyl groups excluding tert-OH is 1. The Bertz CT molecular complexity index is 397. The first-order chi connectivity index (χ1) is 9.14. The average Bonchev–Trinajstić information content (AvgIpc) is 2.22. The Labute approximate surface area is 124 Å². The van der Waals surface area contributed by atoms with Crippen molar-refractivity contribution in [1.29, 1.82) is 0 Å². The van der Waals surface area contributed by atoms with E-state index in [2.05, 4.69) is 55.9 Å². The minimum Gasteiger partial charge on any atom is -0.511 e. The predicted octanol–water partition coefficient (Wildman–Crippen LogP) is 1.82. The average molecular weight is 281 g/mol. The zero-order chi connectivity index (χ0) is 15.5. The van der Waals surface area contributed by atoms with Gasteiger partial charge in [-0.2, -0.15) is 0 Å². The second-order valence-electron chi connectivity index (χ2n) is 7.13. The van der Waals surface area contributed by atoms with Gasteiger partial charge in [0.25, 0.3) is 0 Å². The van der Waals surface area contributed by atoms with E-state index in [4.69, 9.17) is 0 Å². The van der Waals surface area contributed by atoms with E-state index >= 15 is 0 Å². The molecule has 4 nitrogen and oxygen atoms in total. The number of aliphatic hydroxyl groups is 1. The van der Waals surface area contributed by atoms with Crippen molar-refractivity contribution < 1.29 is 5.11 Å². The van der Waals surface area contributed by atoms with Gasteiger partial charge in [0.05, 0.1) is 0 Å². The molecule has 0 heterocycles. The van der Waals surface area contributed by atoms with Crippen LogP contribution in [0.4, 0.5) is 0 Å². The summed E-state index contributed by atoms with van der Waals surface area (Å²) in [5, 5.41) is 10.7. The van der Waals surface area contributed by atoms with Crippen molar-refractivity contribution in [1.82, 2.24) is 14.7 Å². The first-order valence-corrected chi connectivity index (χ1v) is 7.20. The molecule has 0 fully saturated rings. The summed E-state index contributed by atoms with van der Waals surface area (Å²) in [5.41, 5.74) is 2.27. The van der Waals surface area contributed by atoms with Crippen LogP contribution in [0.1, 0.15) is 13.3 Å². The maximum absolute atomic E-state index is 10.7. The molecule has 20 heavy (non-hydrogen) atoms. The maximum atomic E-state index is 10.7. The molecule has 1 rings (SSSR count). The van der Waals surface area contributed by atoms with Gasteiger partial charge in [0.2, 0.25) is 0 Å². The van der Waals surface area contributed by atoms with Crippen molar-refractivity contribution in [2.45, 2.75) is 13.3 Å². The summed E-state index contributed by atoms with van der Waals surface area (Å²) >= 11 is 0. The van der Waals surface area contributed by atoms with Crippen LogP contribution in [0, 0.1) is 5.41 Å². The zero-order valence-corrected chi connectivity index (χ0v) is 14.2. The monoisotopic (exact) mass is 281 g/mol. The van der Waals surface area contributed by atoms with E-state index in [-0.39, 0.29) is 5.41 Å². The lowest BCUT2D eigenvalue weighted by Crippen LogP contribution is -2.37. The largest absolute Gasteiger partial charge is 0.511 e. The third-order valence-electron chi connectivity index (χ3n) is 3.54. The van der Waals surface area contributed by atoms with E-state index in [0.717, 1.165) is 31.6 Å². The van der Waals surface area contributed by atoms with Gasteiger partial charge in [0, 0.05) is 30.6 Å². The van der Waals surface area contributed by atoms with Gasteiger partial charge in [0.15, 0.2) is 0 Å². The van der Waals surface area contributed by atoms with Crippen LogP contribution in [-0.4, -0.2) is 81.7 Å². The molecule has 0 aromatic carbocycles. The molecule has 0 aromatic rings. The van der Waals surface area contributed by atoms with Crippen LogP contribution in [0.15, 0.2) is 23.0 Å². The molecule has 1 atom stereocenters.